The number of fused-ring (bicyclic) bond motifs is 3. The zero-order chi connectivity index (χ0) is 16.7. The minimum atomic E-state index is -0.339. The Hall–Kier alpha value is -2.53. The van der Waals surface area contributed by atoms with Crippen molar-refractivity contribution in [2.45, 2.75) is 6.54 Å². The topological polar surface area (TPSA) is 45.3 Å². The highest BCUT2D eigenvalue weighted by Crippen LogP contribution is 2.33. The average molecular weight is 383 g/mol. The van der Waals surface area contributed by atoms with Crippen LogP contribution in [0.15, 0.2) is 53.1 Å². The third kappa shape index (κ3) is 2.41. The highest BCUT2D eigenvalue weighted by molar-refractivity contribution is 9.10. The van der Waals surface area contributed by atoms with Gasteiger partial charge >= 0.3 is 5.97 Å². The van der Waals surface area contributed by atoms with Gasteiger partial charge in [-0.25, -0.2) is 4.79 Å². The number of esters is 1. The number of ether oxygens (including phenoxy) is 1. The molecule has 1 aliphatic rings. The molecule has 24 heavy (non-hydrogen) atoms. The van der Waals surface area contributed by atoms with Crippen molar-refractivity contribution in [3.05, 3.63) is 70.0 Å². The fourth-order valence-electron chi connectivity index (χ4n) is 3.11. The number of nitrogens with zero attached hydrogens (tertiary/aromatic N) is 1. The van der Waals surface area contributed by atoms with E-state index < -0.39 is 0 Å². The van der Waals surface area contributed by atoms with Crippen LogP contribution in [0.25, 0.3) is 17.0 Å². The van der Waals surface area contributed by atoms with Gasteiger partial charge in [-0.2, -0.15) is 0 Å². The number of nitrogens with one attached hydrogen (secondary N) is 1. The van der Waals surface area contributed by atoms with Crippen molar-refractivity contribution in [2.24, 2.45) is 0 Å². The third-order valence-corrected chi connectivity index (χ3v) is 4.75. The second-order valence-corrected chi connectivity index (χ2v) is 6.58. The summed E-state index contributed by atoms with van der Waals surface area (Å²) in [6, 6.07) is 13.8. The molecule has 5 heteroatoms. The molecule has 0 fully saturated rings. The van der Waals surface area contributed by atoms with Gasteiger partial charge in [0.05, 0.1) is 24.9 Å². The summed E-state index contributed by atoms with van der Waals surface area (Å²) in [5.41, 5.74) is 4.82. The van der Waals surface area contributed by atoms with Crippen LogP contribution in [0.4, 0.5) is 5.69 Å². The maximum atomic E-state index is 12.1. The van der Waals surface area contributed by atoms with Crippen molar-refractivity contribution in [1.82, 2.24) is 4.98 Å². The molecule has 0 unspecified atom stereocenters. The van der Waals surface area contributed by atoms with Crippen molar-refractivity contribution in [2.75, 3.05) is 12.0 Å². The number of carbonyl (C=O) groups excluding carboxylic acids is 1. The van der Waals surface area contributed by atoms with Gasteiger partial charge in [0.25, 0.3) is 0 Å². The van der Waals surface area contributed by atoms with E-state index in [0.29, 0.717) is 12.1 Å². The lowest BCUT2D eigenvalue weighted by Crippen LogP contribution is -2.21. The van der Waals surface area contributed by atoms with Gasteiger partial charge in [-0.05, 0) is 30.3 Å². The largest absolute Gasteiger partial charge is 0.465 e. The number of hydrogen-bond acceptors (Lipinski definition) is 3. The first-order valence-corrected chi connectivity index (χ1v) is 8.39. The Kier molecular flexibility index (Phi) is 3.65. The second kappa shape index (κ2) is 5.83. The van der Waals surface area contributed by atoms with E-state index in [0.717, 1.165) is 21.4 Å². The fourth-order valence-corrected chi connectivity index (χ4v) is 3.46. The minimum absolute atomic E-state index is 0.339. The van der Waals surface area contributed by atoms with Gasteiger partial charge in [-0.15, -0.1) is 0 Å². The van der Waals surface area contributed by atoms with Crippen LogP contribution in [0, 0.1) is 0 Å². The number of aromatic nitrogens is 1. The number of rotatable bonds is 2. The molecule has 4 rings (SSSR count). The first kappa shape index (κ1) is 15.0. The molecule has 0 bridgehead atoms. The normalized spacial score (nSPS) is 13.2. The molecule has 1 aromatic heterocycles. The van der Waals surface area contributed by atoms with Crippen molar-refractivity contribution in [3.63, 3.8) is 0 Å². The molecule has 0 saturated carbocycles. The fraction of sp³-hybridized carbons (Fsp3) is 0.105. The Balaban J connectivity index is 1.78. The smallest absolute Gasteiger partial charge is 0.339 e. The summed E-state index contributed by atoms with van der Waals surface area (Å²) in [4.78, 5) is 17.6. The van der Waals surface area contributed by atoms with E-state index in [9.17, 15) is 4.79 Å². The van der Waals surface area contributed by atoms with E-state index in [-0.39, 0.29) is 5.97 Å². The van der Waals surface area contributed by atoms with Gasteiger partial charge in [0.1, 0.15) is 0 Å². The molecule has 2 heterocycles. The minimum Gasteiger partial charge on any atom is -0.465 e. The van der Waals surface area contributed by atoms with Crippen molar-refractivity contribution < 1.29 is 9.53 Å². The molecule has 3 aromatic rings. The number of aromatic amines is 1. The van der Waals surface area contributed by atoms with Gasteiger partial charge in [0.15, 0.2) is 0 Å². The van der Waals surface area contributed by atoms with Crippen LogP contribution in [-0.4, -0.2) is 18.1 Å². The molecule has 0 atom stereocenters. The van der Waals surface area contributed by atoms with Gasteiger partial charge in [-0.3, -0.25) is 0 Å². The molecule has 0 aliphatic carbocycles. The first-order chi connectivity index (χ1) is 11.7. The highest BCUT2D eigenvalue weighted by atomic mass is 79.9. The summed E-state index contributed by atoms with van der Waals surface area (Å²) in [6.45, 7) is 0.668. The van der Waals surface area contributed by atoms with E-state index in [2.05, 4.69) is 44.0 Å². The van der Waals surface area contributed by atoms with Crippen molar-refractivity contribution in [1.29, 1.82) is 0 Å². The summed E-state index contributed by atoms with van der Waals surface area (Å²) in [5, 5.41) is 1.21. The lowest BCUT2D eigenvalue weighted by molar-refractivity contribution is 0.0601. The highest BCUT2D eigenvalue weighted by Gasteiger charge is 2.21. The number of anilines is 1. The molecule has 0 spiro atoms. The van der Waals surface area contributed by atoms with Crippen LogP contribution < -0.4 is 4.90 Å². The van der Waals surface area contributed by atoms with Crippen LogP contribution in [0.3, 0.4) is 0 Å². The standard InChI is InChI=1S/C19H15BrN2O2/c1-24-19(23)15-7-6-12(20)10-18(15)22-9-8-14-13-4-2-3-5-16(13)21-17(14)11-22/h2-10,21H,11H2,1H3. The van der Waals surface area contributed by atoms with E-state index >= 15 is 0 Å². The summed E-state index contributed by atoms with van der Waals surface area (Å²) in [7, 11) is 1.40. The molecule has 0 saturated heterocycles. The zero-order valence-corrected chi connectivity index (χ0v) is 14.6. The van der Waals surface area contributed by atoms with Gasteiger partial charge in [-0.1, -0.05) is 34.1 Å². The Bertz CT molecular complexity index is 975. The van der Waals surface area contributed by atoms with Crippen LogP contribution in [0.1, 0.15) is 21.6 Å². The van der Waals surface area contributed by atoms with Crippen LogP contribution in [0.5, 0.6) is 0 Å². The Morgan fingerprint density at radius 3 is 2.92 bits per heavy atom. The SMILES string of the molecule is COC(=O)c1ccc(Br)cc1N1C=Cc2c([nH]c3ccccc23)C1. The van der Waals surface area contributed by atoms with E-state index in [4.69, 9.17) is 4.74 Å². The van der Waals surface area contributed by atoms with Crippen LogP contribution in [0.2, 0.25) is 0 Å². The number of benzene rings is 2. The third-order valence-electron chi connectivity index (χ3n) is 4.25. The molecular weight excluding hydrogens is 368 g/mol. The number of methoxy groups -OCH3 is 1. The van der Waals surface area contributed by atoms with E-state index in [1.807, 2.05) is 30.5 Å². The number of H-pyrrole nitrogens is 1. The predicted octanol–water partition coefficient (Wildman–Crippen LogP) is 4.71. The van der Waals surface area contributed by atoms with Gasteiger partial charge in [0, 0.05) is 32.8 Å². The molecule has 0 radical (unpaired) electrons. The maximum Gasteiger partial charge on any atom is 0.339 e. The first-order valence-electron chi connectivity index (χ1n) is 7.59. The zero-order valence-electron chi connectivity index (χ0n) is 13.0. The van der Waals surface area contributed by atoms with Crippen molar-refractivity contribution >= 4 is 44.6 Å². The predicted molar refractivity (Wildman–Crippen MR) is 99.0 cm³/mol. The van der Waals surface area contributed by atoms with Crippen molar-refractivity contribution in [3.8, 4) is 0 Å². The quantitative estimate of drug-likeness (QED) is 0.652. The van der Waals surface area contributed by atoms with Crippen LogP contribution >= 0.6 is 15.9 Å². The number of hydrogen-bond donors (Lipinski definition) is 1. The molecular formula is C19H15BrN2O2. The number of halogens is 1. The molecule has 0 amide bonds. The summed E-state index contributed by atoms with van der Waals surface area (Å²) < 4.78 is 5.83. The molecule has 1 aliphatic heterocycles. The summed E-state index contributed by atoms with van der Waals surface area (Å²) in [6.07, 6.45) is 4.09. The number of para-hydroxylation sites is 1. The molecule has 1 N–H and O–H groups in total. The molecule has 4 nitrogen and oxygen atoms in total. The van der Waals surface area contributed by atoms with Gasteiger partial charge < -0.3 is 14.6 Å². The molecule has 2 aromatic carbocycles. The van der Waals surface area contributed by atoms with Gasteiger partial charge in [0.2, 0.25) is 0 Å². The summed E-state index contributed by atoms with van der Waals surface area (Å²) in [5.74, 6) is -0.339. The van der Waals surface area contributed by atoms with E-state index in [1.54, 1.807) is 6.07 Å². The Morgan fingerprint density at radius 1 is 1.25 bits per heavy atom. The lowest BCUT2D eigenvalue weighted by atomic mass is 10.1. The van der Waals surface area contributed by atoms with E-state index in [1.165, 1.54) is 18.1 Å². The molecule has 120 valence electrons. The second-order valence-electron chi connectivity index (χ2n) is 5.66. The Labute approximate surface area is 147 Å². The average Bonchev–Trinajstić information content (AvgIpc) is 2.98. The number of carbonyl (C=O) groups is 1. The lowest BCUT2D eigenvalue weighted by Gasteiger charge is -2.25. The maximum absolute atomic E-state index is 12.1. The monoisotopic (exact) mass is 382 g/mol. The van der Waals surface area contributed by atoms with Crippen LogP contribution in [-0.2, 0) is 11.3 Å². The Morgan fingerprint density at radius 2 is 2.08 bits per heavy atom. The summed E-state index contributed by atoms with van der Waals surface area (Å²) >= 11 is 3.48.